The first-order chi connectivity index (χ1) is 10.7. The standard InChI is InChI=1S/C15H20O6S2/c1-6-20-14(17)15(2,3)21-13(16)8-7-9(22)11(19-5)12(23)10(8)18-4/h7,22-23H,6H2,1-5H3. The summed E-state index contributed by atoms with van der Waals surface area (Å²) in [5.41, 5.74) is -1.35. The van der Waals surface area contributed by atoms with Crippen LogP contribution in [0.5, 0.6) is 11.5 Å². The van der Waals surface area contributed by atoms with Crippen molar-refractivity contribution in [1.29, 1.82) is 0 Å². The van der Waals surface area contributed by atoms with Crippen molar-refractivity contribution in [1.82, 2.24) is 0 Å². The second kappa shape index (κ2) is 7.83. The van der Waals surface area contributed by atoms with E-state index in [9.17, 15) is 9.59 Å². The second-order valence-corrected chi connectivity index (χ2v) is 5.91. The van der Waals surface area contributed by atoms with Crippen molar-refractivity contribution in [3.63, 3.8) is 0 Å². The SMILES string of the molecule is CCOC(=O)C(C)(C)OC(=O)c1cc(S)c(OC)c(S)c1OC. The van der Waals surface area contributed by atoms with Crippen LogP contribution in [0.25, 0.3) is 0 Å². The minimum atomic E-state index is -1.44. The van der Waals surface area contributed by atoms with E-state index in [4.69, 9.17) is 18.9 Å². The number of rotatable bonds is 6. The third-order valence-electron chi connectivity index (χ3n) is 2.93. The van der Waals surface area contributed by atoms with Gasteiger partial charge < -0.3 is 18.9 Å². The van der Waals surface area contributed by atoms with Gasteiger partial charge in [-0.1, -0.05) is 0 Å². The molecule has 23 heavy (non-hydrogen) atoms. The molecule has 0 N–H and O–H groups in total. The molecule has 0 atom stereocenters. The first kappa shape index (κ1) is 19.5. The molecule has 128 valence electrons. The number of benzene rings is 1. The van der Waals surface area contributed by atoms with Crippen molar-refractivity contribution in [2.75, 3.05) is 20.8 Å². The zero-order valence-corrected chi connectivity index (χ0v) is 15.4. The Hall–Kier alpha value is -1.54. The molecule has 0 fully saturated rings. The van der Waals surface area contributed by atoms with Gasteiger partial charge in [-0.15, -0.1) is 25.3 Å². The van der Waals surface area contributed by atoms with Gasteiger partial charge in [-0.25, -0.2) is 9.59 Å². The lowest BCUT2D eigenvalue weighted by Gasteiger charge is -2.23. The van der Waals surface area contributed by atoms with Gasteiger partial charge in [-0.05, 0) is 26.8 Å². The fourth-order valence-electron chi connectivity index (χ4n) is 1.81. The Labute approximate surface area is 146 Å². The third-order valence-corrected chi connectivity index (χ3v) is 3.67. The molecule has 1 aromatic rings. The van der Waals surface area contributed by atoms with E-state index >= 15 is 0 Å². The van der Waals surface area contributed by atoms with Gasteiger partial charge in [-0.2, -0.15) is 0 Å². The summed E-state index contributed by atoms with van der Waals surface area (Å²) in [6, 6.07) is 1.43. The van der Waals surface area contributed by atoms with Crippen molar-refractivity contribution in [3.05, 3.63) is 11.6 Å². The van der Waals surface area contributed by atoms with Crippen LogP contribution in [0.1, 0.15) is 31.1 Å². The average molecular weight is 360 g/mol. The molecule has 0 saturated carbocycles. The van der Waals surface area contributed by atoms with E-state index in [-0.39, 0.29) is 17.9 Å². The maximum Gasteiger partial charge on any atom is 0.350 e. The molecule has 6 nitrogen and oxygen atoms in total. The van der Waals surface area contributed by atoms with E-state index in [1.807, 2.05) is 0 Å². The van der Waals surface area contributed by atoms with Crippen LogP contribution in [0.15, 0.2) is 15.9 Å². The largest absolute Gasteiger partial charge is 0.495 e. The molecule has 0 aliphatic carbocycles. The van der Waals surface area contributed by atoms with E-state index in [0.29, 0.717) is 15.5 Å². The molecule has 0 bridgehead atoms. The fourth-order valence-corrected chi connectivity index (χ4v) is 2.66. The molecule has 8 heteroatoms. The molecular weight excluding hydrogens is 340 g/mol. The average Bonchev–Trinajstić information content (AvgIpc) is 2.46. The third kappa shape index (κ3) is 4.26. The Kier molecular flexibility index (Phi) is 6.64. The molecule has 0 aromatic heterocycles. The number of carbonyl (C=O) groups is 2. The minimum Gasteiger partial charge on any atom is -0.495 e. The molecule has 0 aliphatic heterocycles. The monoisotopic (exact) mass is 360 g/mol. The molecule has 1 aromatic carbocycles. The van der Waals surface area contributed by atoms with Crippen LogP contribution in [0, 0.1) is 0 Å². The fraction of sp³-hybridized carbons (Fsp3) is 0.467. The predicted molar refractivity (Wildman–Crippen MR) is 90.2 cm³/mol. The highest BCUT2D eigenvalue weighted by Crippen LogP contribution is 2.40. The van der Waals surface area contributed by atoms with Gasteiger partial charge in [0.25, 0.3) is 0 Å². The highest BCUT2D eigenvalue weighted by Gasteiger charge is 2.35. The Morgan fingerprint density at radius 1 is 1.13 bits per heavy atom. The van der Waals surface area contributed by atoms with Crippen LogP contribution in [0.2, 0.25) is 0 Å². The number of hydrogen-bond acceptors (Lipinski definition) is 8. The summed E-state index contributed by atoms with van der Waals surface area (Å²) in [4.78, 5) is 25.0. The number of thiol groups is 2. The second-order valence-electron chi connectivity index (χ2n) is 4.98. The van der Waals surface area contributed by atoms with Crippen molar-refractivity contribution in [2.45, 2.75) is 36.2 Å². The van der Waals surface area contributed by atoms with Crippen LogP contribution < -0.4 is 9.47 Å². The number of methoxy groups -OCH3 is 2. The summed E-state index contributed by atoms with van der Waals surface area (Å²) in [5.74, 6) is -0.853. The van der Waals surface area contributed by atoms with Gasteiger partial charge >= 0.3 is 11.9 Å². The molecule has 1 rings (SSSR count). The lowest BCUT2D eigenvalue weighted by atomic mass is 10.1. The lowest BCUT2D eigenvalue weighted by Crippen LogP contribution is -2.38. The Morgan fingerprint density at radius 3 is 2.17 bits per heavy atom. The summed E-state index contributed by atoms with van der Waals surface area (Å²) in [5, 5.41) is 0. The van der Waals surface area contributed by atoms with Crippen LogP contribution >= 0.6 is 25.3 Å². The van der Waals surface area contributed by atoms with Crippen LogP contribution in [-0.4, -0.2) is 38.4 Å². The number of esters is 2. The highest BCUT2D eigenvalue weighted by molar-refractivity contribution is 7.81. The molecule has 0 radical (unpaired) electrons. The molecule has 0 amide bonds. The zero-order chi connectivity index (χ0) is 17.8. The highest BCUT2D eigenvalue weighted by atomic mass is 32.1. The topological polar surface area (TPSA) is 71.1 Å². The van der Waals surface area contributed by atoms with Gasteiger partial charge in [0.05, 0.1) is 25.7 Å². The van der Waals surface area contributed by atoms with Gasteiger partial charge in [0.2, 0.25) is 5.60 Å². The van der Waals surface area contributed by atoms with E-state index in [1.54, 1.807) is 6.92 Å². The molecule has 0 heterocycles. The van der Waals surface area contributed by atoms with Crippen molar-refractivity contribution in [3.8, 4) is 11.5 Å². The van der Waals surface area contributed by atoms with Crippen LogP contribution in [0.3, 0.4) is 0 Å². The summed E-state index contributed by atoms with van der Waals surface area (Å²) >= 11 is 8.55. The Bertz CT molecular complexity index is 612. The van der Waals surface area contributed by atoms with E-state index in [2.05, 4.69) is 25.3 Å². The molecule has 0 unspecified atom stereocenters. The summed E-state index contributed by atoms with van der Waals surface area (Å²) in [6.45, 7) is 4.75. The minimum absolute atomic E-state index is 0.0840. The van der Waals surface area contributed by atoms with Crippen molar-refractivity contribution < 1.29 is 28.5 Å². The molecule has 0 aliphatic rings. The van der Waals surface area contributed by atoms with Gasteiger partial charge in [0, 0.05) is 4.90 Å². The van der Waals surface area contributed by atoms with E-state index < -0.39 is 17.5 Å². The first-order valence-corrected chi connectivity index (χ1v) is 7.66. The number of carbonyl (C=O) groups excluding carboxylic acids is 2. The first-order valence-electron chi connectivity index (χ1n) is 6.77. The Morgan fingerprint density at radius 2 is 1.70 bits per heavy atom. The van der Waals surface area contributed by atoms with Crippen LogP contribution in [-0.2, 0) is 14.3 Å². The lowest BCUT2D eigenvalue weighted by molar-refractivity contribution is -0.162. The number of ether oxygens (including phenoxy) is 4. The maximum atomic E-state index is 12.4. The molecular formula is C15H20O6S2. The van der Waals surface area contributed by atoms with Crippen molar-refractivity contribution >= 4 is 37.2 Å². The smallest absolute Gasteiger partial charge is 0.350 e. The quantitative estimate of drug-likeness (QED) is 0.600. The van der Waals surface area contributed by atoms with Crippen LogP contribution in [0.4, 0.5) is 0 Å². The molecule has 0 spiro atoms. The van der Waals surface area contributed by atoms with Crippen molar-refractivity contribution in [2.24, 2.45) is 0 Å². The molecule has 0 saturated heterocycles. The normalized spacial score (nSPS) is 10.9. The van der Waals surface area contributed by atoms with Gasteiger partial charge in [0.1, 0.15) is 11.3 Å². The Balaban J connectivity index is 3.21. The predicted octanol–water partition coefficient (Wildman–Crippen LogP) is 2.78. The zero-order valence-electron chi connectivity index (χ0n) is 13.6. The summed E-state index contributed by atoms with van der Waals surface area (Å²) in [6.07, 6.45) is 0. The van der Waals surface area contributed by atoms with Gasteiger partial charge in [0.15, 0.2) is 5.75 Å². The maximum absolute atomic E-state index is 12.4. The summed E-state index contributed by atoms with van der Waals surface area (Å²) < 4.78 is 20.5. The van der Waals surface area contributed by atoms with Gasteiger partial charge in [-0.3, -0.25) is 0 Å². The van der Waals surface area contributed by atoms with E-state index in [0.717, 1.165) is 0 Å². The number of hydrogen-bond donors (Lipinski definition) is 2. The van der Waals surface area contributed by atoms with E-state index in [1.165, 1.54) is 34.1 Å². The summed E-state index contributed by atoms with van der Waals surface area (Å²) in [7, 11) is 2.84.